The van der Waals surface area contributed by atoms with E-state index in [0.29, 0.717) is 13.1 Å². The van der Waals surface area contributed by atoms with E-state index in [4.69, 9.17) is 4.74 Å². The lowest BCUT2D eigenvalue weighted by Crippen LogP contribution is -2.66. The van der Waals surface area contributed by atoms with Crippen LogP contribution in [0, 0.1) is 19.8 Å². The molecule has 1 aliphatic rings. The molecule has 0 unspecified atom stereocenters. The number of hydrogen-bond donors (Lipinski definition) is 1. The smallest absolute Gasteiger partial charge is 0.260 e. The van der Waals surface area contributed by atoms with Crippen LogP contribution in [0.25, 0.3) is 0 Å². The summed E-state index contributed by atoms with van der Waals surface area (Å²) in [6.07, 6.45) is 0. The van der Waals surface area contributed by atoms with Crippen molar-refractivity contribution in [2.45, 2.75) is 33.3 Å². The van der Waals surface area contributed by atoms with Gasteiger partial charge in [0, 0.05) is 0 Å². The van der Waals surface area contributed by atoms with E-state index in [1.807, 2.05) is 45.9 Å². The maximum absolute atomic E-state index is 12.0. The Bertz CT molecular complexity index is 504. The van der Waals surface area contributed by atoms with Gasteiger partial charge in [-0.15, -0.1) is 0 Å². The van der Waals surface area contributed by atoms with Gasteiger partial charge in [0.1, 0.15) is 11.4 Å². The summed E-state index contributed by atoms with van der Waals surface area (Å²) >= 11 is 0. The molecule has 0 spiro atoms. The standard InChI is InChI=1S/C16H23NO3/c1-11(2)16(19)9-17(10-16)15(18)8-20-14-6-5-12(3)7-13(14)4/h5-7,11,19H,8-10H2,1-4H3. The molecule has 0 aliphatic carbocycles. The highest BCUT2D eigenvalue weighted by Gasteiger charge is 2.45. The molecule has 1 saturated heterocycles. The second-order valence-corrected chi connectivity index (χ2v) is 6.07. The number of aliphatic hydroxyl groups is 1. The molecule has 1 aromatic rings. The molecule has 20 heavy (non-hydrogen) atoms. The molecular formula is C16H23NO3. The van der Waals surface area contributed by atoms with Crippen molar-refractivity contribution < 1.29 is 14.6 Å². The molecule has 1 heterocycles. The Morgan fingerprint density at radius 1 is 1.40 bits per heavy atom. The van der Waals surface area contributed by atoms with Crippen LogP contribution >= 0.6 is 0 Å². The monoisotopic (exact) mass is 277 g/mol. The third kappa shape index (κ3) is 2.96. The minimum Gasteiger partial charge on any atom is -0.484 e. The Morgan fingerprint density at radius 2 is 2.05 bits per heavy atom. The summed E-state index contributed by atoms with van der Waals surface area (Å²) in [5.41, 5.74) is 1.47. The van der Waals surface area contributed by atoms with E-state index in [1.54, 1.807) is 4.90 Å². The van der Waals surface area contributed by atoms with E-state index in [9.17, 15) is 9.90 Å². The van der Waals surface area contributed by atoms with Gasteiger partial charge in [-0.05, 0) is 31.4 Å². The summed E-state index contributed by atoms with van der Waals surface area (Å²) in [6.45, 7) is 8.75. The predicted octanol–water partition coefficient (Wildman–Crippen LogP) is 1.91. The van der Waals surface area contributed by atoms with Crippen molar-refractivity contribution in [3.8, 4) is 5.75 Å². The Balaban J connectivity index is 1.85. The molecule has 1 amide bonds. The van der Waals surface area contributed by atoms with Crippen LogP contribution in [0.3, 0.4) is 0 Å². The van der Waals surface area contributed by atoms with Crippen LogP contribution in [0.2, 0.25) is 0 Å². The molecule has 0 radical (unpaired) electrons. The predicted molar refractivity (Wildman–Crippen MR) is 77.8 cm³/mol. The first-order valence-electron chi connectivity index (χ1n) is 7.02. The topological polar surface area (TPSA) is 49.8 Å². The van der Waals surface area contributed by atoms with Gasteiger partial charge in [0.15, 0.2) is 6.61 Å². The van der Waals surface area contributed by atoms with Gasteiger partial charge in [-0.2, -0.15) is 0 Å². The molecule has 0 bridgehead atoms. The first-order valence-corrected chi connectivity index (χ1v) is 7.02. The molecule has 2 rings (SSSR count). The van der Waals surface area contributed by atoms with Gasteiger partial charge in [-0.3, -0.25) is 4.79 Å². The summed E-state index contributed by atoms with van der Waals surface area (Å²) in [6, 6.07) is 5.88. The average Bonchev–Trinajstić information content (AvgIpc) is 2.33. The maximum atomic E-state index is 12.0. The normalized spacial score (nSPS) is 17.0. The van der Waals surface area contributed by atoms with Crippen molar-refractivity contribution in [1.29, 1.82) is 0 Å². The zero-order valence-corrected chi connectivity index (χ0v) is 12.6. The van der Waals surface area contributed by atoms with E-state index in [0.717, 1.165) is 11.3 Å². The SMILES string of the molecule is Cc1ccc(OCC(=O)N2CC(O)(C(C)C)C2)c(C)c1. The average molecular weight is 277 g/mol. The van der Waals surface area contributed by atoms with Gasteiger partial charge >= 0.3 is 0 Å². The zero-order chi connectivity index (χ0) is 14.9. The Hall–Kier alpha value is -1.55. The highest BCUT2D eigenvalue weighted by Crippen LogP contribution is 2.28. The highest BCUT2D eigenvalue weighted by molar-refractivity contribution is 5.79. The summed E-state index contributed by atoms with van der Waals surface area (Å²) in [5.74, 6) is 0.825. The molecule has 0 atom stereocenters. The minimum absolute atomic E-state index is 0.0259. The maximum Gasteiger partial charge on any atom is 0.260 e. The number of β-amino-alcohol motifs (C(OH)–C–C–N with tert-alkyl or cyclic N) is 1. The fourth-order valence-electron chi connectivity index (χ4n) is 2.35. The van der Waals surface area contributed by atoms with Crippen molar-refractivity contribution >= 4 is 5.91 Å². The Labute approximate surface area is 120 Å². The van der Waals surface area contributed by atoms with Crippen LogP contribution in [0.5, 0.6) is 5.75 Å². The quantitative estimate of drug-likeness (QED) is 0.914. The van der Waals surface area contributed by atoms with Crippen molar-refractivity contribution in [2.75, 3.05) is 19.7 Å². The fraction of sp³-hybridized carbons (Fsp3) is 0.562. The molecule has 1 fully saturated rings. The summed E-state index contributed by atoms with van der Waals surface area (Å²) in [4.78, 5) is 13.6. The van der Waals surface area contributed by atoms with Crippen LogP contribution in [0.15, 0.2) is 18.2 Å². The fourth-order valence-corrected chi connectivity index (χ4v) is 2.35. The third-order valence-corrected chi connectivity index (χ3v) is 4.04. The summed E-state index contributed by atoms with van der Waals surface area (Å²) in [5, 5.41) is 10.1. The van der Waals surface area contributed by atoms with Gasteiger partial charge in [0.2, 0.25) is 0 Å². The number of rotatable bonds is 4. The molecule has 4 nitrogen and oxygen atoms in total. The van der Waals surface area contributed by atoms with Crippen molar-refractivity contribution in [3.05, 3.63) is 29.3 Å². The first kappa shape index (κ1) is 14.9. The number of likely N-dealkylation sites (tertiary alicyclic amines) is 1. The number of hydrogen-bond acceptors (Lipinski definition) is 3. The first-order chi connectivity index (χ1) is 9.32. The molecule has 0 saturated carbocycles. The van der Waals surface area contributed by atoms with Gasteiger partial charge < -0.3 is 14.7 Å². The lowest BCUT2D eigenvalue weighted by molar-refractivity contribution is -0.165. The molecule has 4 heteroatoms. The van der Waals surface area contributed by atoms with Crippen molar-refractivity contribution in [1.82, 2.24) is 4.90 Å². The van der Waals surface area contributed by atoms with E-state index < -0.39 is 5.60 Å². The van der Waals surface area contributed by atoms with E-state index in [-0.39, 0.29) is 18.4 Å². The molecular weight excluding hydrogens is 254 g/mol. The lowest BCUT2D eigenvalue weighted by atomic mass is 9.83. The number of carbonyl (C=O) groups is 1. The van der Waals surface area contributed by atoms with Crippen LogP contribution in [-0.4, -0.2) is 41.2 Å². The lowest BCUT2D eigenvalue weighted by Gasteiger charge is -2.48. The summed E-state index contributed by atoms with van der Waals surface area (Å²) in [7, 11) is 0. The van der Waals surface area contributed by atoms with E-state index >= 15 is 0 Å². The van der Waals surface area contributed by atoms with E-state index in [2.05, 4.69) is 0 Å². The number of nitrogens with zero attached hydrogens (tertiary/aromatic N) is 1. The second kappa shape index (κ2) is 5.44. The Kier molecular flexibility index (Phi) is 4.04. The summed E-state index contributed by atoms with van der Waals surface area (Å²) < 4.78 is 5.57. The molecule has 1 aliphatic heterocycles. The Morgan fingerprint density at radius 3 is 2.60 bits per heavy atom. The highest BCUT2D eigenvalue weighted by atomic mass is 16.5. The van der Waals surface area contributed by atoms with Gasteiger partial charge in [-0.1, -0.05) is 31.5 Å². The molecule has 1 aromatic carbocycles. The number of benzene rings is 1. The number of aryl methyl sites for hydroxylation is 2. The van der Waals surface area contributed by atoms with Crippen LogP contribution < -0.4 is 4.74 Å². The van der Waals surface area contributed by atoms with Gasteiger partial charge in [0.25, 0.3) is 5.91 Å². The van der Waals surface area contributed by atoms with Gasteiger partial charge in [-0.25, -0.2) is 0 Å². The second-order valence-electron chi connectivity index (χ2n) is 6.07. The van der Waals surface area contributed by atoms with Crippen LogP contribution in [-0.2, 0) is 4.79 Å². The third-order valence-electron chi connectivity index (χ3n) is 4.04. The van der Waals surface area contributed by atoms with E-state index in [1.165, 1.54) is 5.56 Å². The zero-order valence-electron chi connectivity index (χ0n) is 12.6. The number of ether oxygens (including phenoxy) is 1. The van der Waals surface area contributed by atoms with Gasteiger partial charge in [0.05, 0.1) is 13.1 Å². The number of amides is 1. The molecule has 0 aromatic heterocycles. The minimum atomic E-state index is -0.727. The largest absolute Gasteiger partial charge is 0.484 e. The van der Waals surface area contributed by atoms with Crippen molar-refractivity contribution in [3.63, 3.8) is 0 Å². The molecule has 1 N–H and O–H groups in total. The van der Waals surface area contributed by atoms with Crippen molar-refractivity contribution in [2.24, 2.45) is 5.92 Å². The molecule has 110 valence electrons. The van der Waals surface area contributed by atoms with Crippen LogP contribution in [0.1, 0.15) is 25.0 Å². The van der Waals surface area contributed by atoms with Crippen LogP contribution in [0.4, 0.5) is 0 Å². The number of carbonyl (C=O) groups excluding carboxylic acids is 1.